The molecule has 0 rings (SSSR count). The molecule has 15 heteroatoms. The molecular weight excluding hydrogens is 346 g/mol. The molecule has 0 atom stereocenters. The van der Waals surface area contributed by atoms with Crippen molar-refractivity contribution in [2.45, 2.75) is 0 Å². The van der Waals surface area contributed by atoms with E-state index >= 15 is 0 Å². The van der Waals surface area contributed by atoms with E-state index in [-0.39, 0.29) is 33.0 Å². The molecule has 0 aliphatic carbocycles. The first-order chi connectivity index (χ1) is 5.73. The Labute approximate surface area is 111 Å². The Morgan fingerprint density at radius 2 is 1.00 bits per heavy atom. The Morgan fingerprint density at radius 3 is 1.00 bits per heavy atom. The number of rotatable bonds is 0. The van der Waals surface area contributed by atoms with Crippen molar-refractivity contribution in [2.75, 3.05) is 0 Å². The summed E-state index contributed by atoms with van der Waals surface area (Å²) in [4.78, 5) is 9.00. The zero-order chi connectivity index (χ0) is 12.6. The van der Waals surface area contributed by atoms with Crippen LogP contribution in [-0.2, 0) is 40.3 Å². The van der Waals surface area contributed by atoms with Crippen molar-refractivity contribution in [3.05, 3.63) is 0 Å². The summed E-state index contributed by atoms with van der Waals surface area (Å²) in [5, 5.41) is 0. The maximum Gasteiger partial charge on any atom is 2.00 e. The standard InChI is InChI=1S/CH4N2O.2H2O4S.H2S.Zn/c2-1(3)4;2*1-5(2,3)4;;/h(H4,2,3,4);2*(H2,1,2,3,4);1H2;/q;;;;+2/p-2. The van der Waals surface area contributed by atoms with E-state index < -0.39 is 26.8 Å². The van der Waals surface area contributed by atoms with Crippen LogP contribution in [0.2, 0.25) is 0 Å². The normalized spacial score (nSPS) is 8.75. The number of nitrogens with two attached hydrogens (primary N) is 2. The Balaban J connectivity index is -0.0000000358. The average Bonchev–Trinajstić information content (AvgIpc) is 1.45. The van der Waals surface area contributed by atoms with Crippen molar-refractivity contribution in [3.8, 4) is 0 Å². The van der Waals surface area contributed by atoms with Gasteiger partial charge in [0.2, 0.25) is 0 Å². The summed E-state index contributed by atoms with van der Waals surface area (Å²) in [6.07, 6.45) is 0. The van der Waals surface area contributed by atoms with Gasteiger partial charge in [-0.15, -0.1) is 0 Å². The zero-order valence-electron chi connectivity index (χ0n) is 7.43. The molecule has 0 aromatic carbocycles. The van der Waals surface area contributed by atoms with E-state index in [1.807, 2.05) is 0 Å². The molecule has 96 valence electrons. The number of hydrogen-bond donors (Lipinski definition) is 4. The molecule has 0 aliphatic rings. The third kappa shape index (κ3) is 8530000. The van der Waals surface area contributed by atoms with Gasteiger partial charge in [0.1, 0.15) is 0 Å². The minimum atomic E-state index is -5.17. The van der Waals surface area contributed by atoms with Crippen LogP contribution in [0.1, 0.15) is 0 Å². The minimum absolute atomic E-state index is 0. The summed E-state index contributed by atoms with van der Waals surface area (Å²) in [7, 11) is -9.83. The molecule has 0 radical (unpaired) electrons. The van der Waals surface area contributed by atoms with E-state index in [9.17, 15) is 0 Å². The molecule has 0 saturated heterocycles. The molecule has 0 bridgehead atoms. The fraction of sp³-hybridized carbons (Fsp3) is 0. The fourth-order valence-corrected chi connectivity index (χ4v) is 0. The minimum Gasteiger partial charge on any atom is -0.759 e. The predicted octanol–water partition coefficient (Wildman–Crippen LogP) is -2.86. The first kappa shape index (κ1) is 29.7. The summed E-state index contributed by atoms with van der Waals surface area (Å²) in [6.45, 7) is 0. The molecule has 0 aromatic rings. The SMILES string of the molecule is NC(N)=O.O=S(=O)(O)O.O=S(=O)([O-])[O-].S.[Zn+2]. The first-order valence-electron chi connectivity index (χ1n) is 2.15. The van der Waals surface area contributed by atoms with Crippen molar-refractivity contribution in [2.24, 2.45) is 11.5 Å². The van der Waals surface area contributed by atoms with Gasteiger partial charge < -0.3 is 20.6 Å². The molecular formula is CH8N2O9S3Zn. The summed E-state index contributed by atoms with van der Waals surface area (Å²) in [5.74, 6) is 0. The molecule has 0 aromatic heterocycles. The molecule has 0 unspecified atom stereocenters. The molecule has 0 aliphatic heterocycles. The van der Waals surface area contributed by atoms with Crippen molar-refractivity contribution < 1.29 is 59.3 Å². The van der Waals surface area contributed by atoms with Crippen LogP contribution in [0.5, 0.6) is 0 Å². The zero-order valence-corrected chi connectivity index (χ0v) is 13.0. The smallest absolute Gasteiger partial charge is 0.759 e. The molecule has 0 spiro atoms. The van der Waals surface area contributed by atoms with Gasteiger partial charge in [0.15, 0.2) is 0 Å². The molecule has 11 nitrogen and oxygen atoms in total. The summed E-state index contributed by atoms with van der Waals surface area (Å²) >= 11 is 0. The Morgan fingerprint density at radius 1 is 1.00 bits per heavy atom. The van der Waals surface area contributed by atoms with Crippen LogP contribution in [-0.4, -0.2) is 41.1 Å². The van der Waals surface area contributed by atoms with Gasteiger partial charge in [-0.3, -0.25) is 17.5 Å². The van der Waals surface area contributed by atoms with Gasteiger partial charge >= 0.3 is 35.9 Å². The van der Waals surface area contributed by atoms with Gasteiger partial charge in [0.05, 0.1) is 0 Å². The van der Waals surface area contributed by atoms with E-state index in [0.29, 0.717) is 0 Å². The largest absolute Gasteiger partial charge is 2.00 e. The fourth-order valence-electron chi connectivity index (χ4n) is 0. The Kier molecular flexibility index (Phi) is 24.3. The second-order valence-corrected chi connectivity index (χ2v) is 2.97. The second-order valence-electron chi connectivity index (χ2n) is 1.26. The van der Waals surface area contributed by atoms with Crippen molar-refractivity contribution in [3.63, 3.8) is 0 Å². The van der Waals surface area contributed by atoms with Crippen molar-refractivity contribution >= 4 is 40.3 Å². The quantitative estimate of drug-likeness (QED) is 0.199. The van der Waals surface area contributed by atoms with Crippen LogP contribution < -0.4 is 11.5 Å². The first-order valence-corrected chi connectivity index (χ1v) is 4.88. The van der Waals surface area contributed by atoms with Crippen LogP contribution in [0.15, 0.2) is 0 Å². The van der Waals surface area contributed by atoms with Gasteiger partial charge in [-0.1, -0.05) is 0 Å². The summed E-state index contributed by atoms with van der Waals surface area (Å²) < 4.78 is 65.7. The summed E-state index contributed by atoms with van der Waals surface area (Å²) in [6, 6.07) is -0.833. The molecule has 6 N–H and O–H groups in total. The number of amides is 2. The van der Waals surface area contributed by atoms with Crippen LogP contribution in [0.3, 0.4) is 0 Å². The van der Waals surface area contributed by atoms with Gasteiger partial charge in [-0.2, -0.15) is 21.9 Å². The van der Waals surface area contributed by atoms with Crippen LogP contribution in [0, 0.1) is 0 Å². The maximum absolute atomic E-state index is 9.00. The van der Waals surface area contributed by atoms with E-state index in [2.05, 4.69) is 11.5 Å². The number of urea groups is 1. The van der Waals surface area contributed by atoms with Gasteiger partial charge in [0, 0.05) is 10.4 Å². The second kappa shape index (κ2) is 13.1. The third-order valence-electron chi connectivity index (χ3n) is 0. The van der Waals surface area contributed by atoms with E-state index in [4.69, 9.17) is 39.8 Å². The number of carbonyl (C=O) groups is 1. The van der Waals surface area contributed by atoms with Gasteiger partial charge in [-0.05, 0) is 0 Å². The van der Waals surface area contributed by atoms with Crippen LogP contribution in [0.25, 0.3) is 0 Å². The van der Waals surface area contributed by atoms with Gasteiger partial charge in [-0.25, -0.2) is 4.79 Å². The summed E-state index contributed by atoms with van der Waals surface area (Å²) in [5.41, 5.74) is 8.50. The number of primary amides is 2. The van der Waals surface area contributed by atoms with Crippen LogP contribution in [0.4, 0.5) is 4.79 Å². The predicted molar refractivity (Wildman–Crippen MR) is 48.8 cm³/mol. The van der Waals surface area contributed by atoms with Crippen LogP contribution >= 0.6 is 13.5 Å². The van der Waals surface area contributed by atoms with E-state index in [1.165, 1.54) is 0 Å². The maximum atomic E-state index is 9.00. The van der Waals surface area contributed by atoms with Crippen molar-refractivity contribution in [1.29, 1.82) is 0 Å². The van der Waals surface area contributed by atoms with Crippen molar-refractivity contribution in [1.82, 2.24) is 0 Å². The van der Waals surface area contributed by atoms with Gasteiger partial charge in [0.25, 0.3) is 0 Å². The van der Waals surface area contributed by atoms with E-state index in [0.717, 1.165) is 0 Å². The molecule has 0 saturated carbocycles. The average molecular weight is 354 g/mol. The Hall–Kier alpha value is -0.0166. The molecule has 0 heterocycles. The number of carbonyl (C=O) groups excluding carboxylic acids is 1. The molecule has 0 fully saturated rings. The number of hydrogen-bond acceptors (Lipinski definition) is 7. The molecule has 16 heavy (non-hydrogen) atoms. The topological polar surface area (TPSA) is 224 Å². The molecule has 2 amide bonds. The van der Waals surface area contributed by atoms with E-state index in [1.54, 1.807) is 0 Å². The Bertz CT molecular complexity index is 295. The third-order valence-corrected chi connectivity index (χ3v) is 0. The monoisotopic (exact) mass is 352 g/mol.